The minimum Gasteiger partial charge on any atom is -0.384 e. The summed E-state index contributed by atoms with van der Waals surface area (Å²) in [6.45, 7) is 0. The zero-order valence-electron chi connectivity index (χ0n) is 13.1. The second-order valence-corrected chi connectivity index (χ2v) is 5.45. The third kappa shape index (κ3) is 3.00. The number of para-hydroxylation sites is 4. The lowest BCUT2D eigenvalue weighted by Gasteiger charge is -2.33. The van der Waals surface area contributed by atoms with E-state index in [4.69, 9.17) is 0 Å². The van der Waals surface area contributed by atoms with Crippen LogP contribution in [0.15, 0.2) is 53.5 Å². The van der Waals surface area contributed by atoms with Crippen molar-refractivity contribution in [3.63, 3.8) is 0 Å². The predicted molar refractivity (Wildman–Crippen MR) is 91.7 cm³/mol. The van der Waals surface area contributed by atoms with Crippen LogP contribution in [0.2, 0.25) is 0 Å². The molecule has 0 heterocycles. The van der Waals surface area contributed by atoms with Crippen molar-refractivity contribution in [1.29, 1.82) is 0 Å². The van der Waals surface area contributed by atoms with Gasteiger partial charge >= 0.3 is 0 Å². The summed E-state index contributed by atoms with van der Waals surface area (Å²) in [6.07, 6.45) is -1.35. The van der Waals surface area contributed by atoms with Gasteiger partial charge in [-0.25, -0.2) is 4.99 Å². The highest BCUT2D eigenvalue weighted by molar-refractivity contribution is 6.51. The molecule has 0 saturated heterocycles. The van der Waals surface area contributed by atoms with Gasteiger partial charge in [0, 0.05) is 12.1 Å². The molecule has 1 saturated carbocycles. The molecule has 2 atom stereocenters. The molecule has 1 aliphatic carbocycles. The number of hydrogen-bond acceptors (Lipinski definition) is 8. The highest BCUT2D eigenvalue weighted by atomic mass is 16.6. The number of nitro benzene ring substituents is 2. The molecule has 0 amide bonds. The van der Waals surface area contributed by atoms with E-state index in [0.29, 0.717) is 0 Å². The average Bonchev–Trinajstić information content (AvgIpc) is 2.64. The zero-order chi connectivity index (χ0) is 18.8. The van der Waals surface area contributed by atoms with Crippen LogP contribution >= 0.6 is 0 Å². The van der Waals surface area contributed by atoms with Crippen LogP contribution < -0.4 is 5.32 Å². The summed E-state index contributed by atoms with van der Waals surface area (Å²) in [6, 6.07) is 10.2. The van der Waals surface area contributed by atoms with E-state index in [-0.39, 0.29) is 28.5 Å². The first-order chi connectivity index (χ1) is 12.4. The summed E-state index contributed by atoms with van der Waals surface area (Å²) in [4.78, 5) is 36.9. The smallest absolute Gasteiger partial charge is 0.294 e. The van der Waals surface area contributed by atoms with Gasteiger partial charge in [0.15, 0.2) is 0 Å². The summed E-state index contributed by atoms with van der Waals surface area (Å²) >= 11 is 0. The van der Waals surface area contributed by atoms with Gasteiger partial charge < -0.3 is 10.4 Å². The SMILES string of the molecule is O=C1C(=Nc2ccccc2[N+](=O)[O-])C(O)C1Nc1ccccc1[N+](=O)[O-]. The van der Waals surface area contributed by atoms with Crippen LogP contribution in [0.4, 0.5) is 22.7 Å². The fourth-order valence-electron chi connectivity index (χ4n) is 2.54. The number of nitro groups is 2. The minimum absolute atomic E-state index is 0.0518. The number of aliphatic imine (C=N–C) groups is 1. The van der Waals surface area contributed by atoms with E-state index in [1.807, 2.05) is 0 Å². The van der Waals surface area contributed by atoms with Gasteiger partial charge in [0.25, 0.3) is 11.4 Å². The molecule has 2 unspecified atom stereocenters. The predicted octanol–water partition coefficient (Wildman–Crippen LogP) is 2.00. The van der Waals surface area contributed by atoms with E-state index in [9.17, 15) is 30.1 Å². The van der Waals surface area contributed by atoms with Crippen LogP contribution in [0.25, 0.3) is 0 Å². The number of aliphatic hydroxyl groups is 1. The third-order valence-electron chi connectivity index (χ3n) is 3.86. The number of hydrogen-bond donors (Lipinski definition) is 2. The second kappa shape index (κ2) is 6.69. The van der Waals surface area contributed by atoms with Crippen LogP contribution in [-0.2, 0) is 4.79 Å². The number of carbonyl (C=O) groups is 1. The summed E-state index contributed by atoms with van der Waals surface area (Å²) in [5.41, 5.74) is -0.745. The van der Waals surface area contributed by atoms with Gasteiger partial charge in [-0.15, -0.1) is 0 Å². The Morgan fingerprint density at radius 2 is 1.54 bits per heavy atom. The van der Waals surface area contributed by atoms with Gasteiger partial charge in [-0.1, -0.05) is 24.3 Å². The summed E-state index contributed by atoms with van der Waals surface area (Å²) in [5.74, 6) is -0.589. The number of aliphatic hydroxyl groups excluding tert-OH is 1. The molecule has 10 nitrogen and oxygen atoms in total. The van der Waals surface area contributed by atoms with E-state index in [0.717, 1.165) is 0 Å². The normalized spacial score (nSPS) is 20.5. The van der Waals surface area contributed by atoms with Gasteiger partial charge in [0.05, 0.1) is 9.85 Å². The molecule has 132 valence electrons. The lowest BCUT2D eigenvalue weighted by Crippen LogP contribution is -2.61. The Kier molecular flexibility index (Phi) is 4.42. The molecule has 0 radical (unpaired) electrons. The number of ketones is 1. The van der Waals surface area contributed by atoms with Gasteiger partial charge in [-0.05, 0) is 12.1 Å². The van der Waals surface area contributed by atoms with Crippen LogP contribution in [0.1, 0.15) is 0 Å². The Labute approximate surface area is 146 Å². The molecular weight excluding hydrogens is 344 g/mol. The number of carbonyl (C=O) groups excluding carboxylic acids is 1. The van der Waals surface area contributed by atoms with Crippen LogP contribution in [0.5, 0.6) is 0 Å². The summed E-state index contributed by atoms with van der Waals surface area (Å²) < 4.78 is 0. The lowest BCUT2D eigenvalue weighted by atomic mass is 9.84. The molecule has 3 rings (SSSR count). The van der Waals surface area contributed by atoms with Crippen molar-refractivity contribution in [1.82, 2.24) is 0 Å². The Morgan fingerprint density at radius 1 is 0.962 bits per heavy atom. The largest absolute Gasteiger partial charge is 0.384 e. The lowest BCUT2D eigenvalue weighted by molar-refractivity contribution is -0.384. The van der Waals surface area contributed by atoms with Crippen molar-refractivity contribution >= 4 is 34.2 Å². The molecule has 0 aliphatic heterocycles. The molecule has 10 heteroatoms. The Bertz CT molecular complexity index is 942. The Hall–Kier alpha value is -3.66. The quantitative estimate of drug-likeness (QED) is 0.614. The maximum atomic E-state index is 12.3. The van der Waals surface area contributed by atoms with Gasteiger partial charge in [-0.3, -0.25) is 25.0 Å². The van der Waals surface area contributed by atoms with E-state index < -0.39 is 27.8 Å². The molecule has 26 heavy (non-hydrogen) atoms. The van der Waals surface area contributed by atoms with Crippen molar-refractivity contribution < 1.29 is 19.7 Å². The topological polar surface area (TPSA) is 148 Å². The number of nitrogens with one attached hydrogen (secondary N) is 1. The Balaban J connectivity index is 1.84. The highest BCUT2D eigenvalue weighted by Crippen LogP contribution is 2.31. The van der Waals surface area contributed by atoms with Crippen molar-refractivity contribution in [2.24, 2.45) is 4.99 Å². The monoisotopic (exact) mass is 356 g/mol. The van der Waals surface area contributed by atoms with E-state index in [2.05, 4.69) is 10.3 Å². The van der Waals surface area contributed by atoms with E-state index >= 15 is 0 Å². The zero-order valence-corrected chi connectivity index (χ0v) is 13.1. The van der Waals surface area contributed by atoms with Gasteiger partial charge in [0.1, 0.15) is 29.2 Å². The number of benzene rings is 2. The summed E-state index contributed by atoms with van der Waals surface area (Å²) in [7, 11) is 0. The maximum absolute atomic E-state index is 12.3. The Morgan fingerprint density at radius 3 is 2.15 bits per heavy atom. The first kappa shape index (κ1) is 17.2. The maximum Gasteiger partial charge on any atom is 0.294 e. The molecule has 2 aromatic carbocycles. The highest BCUT2D eigenvalue weighted by Gasteiger charge is 2.47. The van der Waals surface area contributed by atoms with Crippen molar-refractivity contribution in [3.05, 3.63) is 68.8 Å². The molecular formula is C16H12N4O6. The van der Waals surface area contributed by atoms with Crippen molar-refractivity contribution in [2.75, 3.05) is 5.32 Å². The first-order valence-electron chi connectivity index (χ1n) is 7.44. The van der Waals surface area contributed by atoms with Crippen LogP contribution in [0.3, 0.4) is 0 Å². The van der Waals surface area contributed by atoms with Crippen LogP contribution in [0, 0.1) is 20.2 Å². The van der Waals surface area contributed by atoms with Gasteiger partial charge in [-0.2, -0.15) is 0 Å². The van der Waals surface area contributed by atoms with Crippen molar-refractivity contribution in [2.45, 2.75) is 12.1 Å². The number of rotatable bonds is 5. The average molecular weight is 356 g/mol. The number of anilines is 1. The fraction of sp³-hybridized carbons (Fsp3) is 0.125. The number of nitrogens with zero attached hydrogens (tertiary/aromatic N) is 3. The molecule has 2 aromatic rings. The van der Waals surface area contributed by atoms with E-state index in [1.165, 1.54) is 42.5 Å². The molecule has 1 fully saturated rings. The molecule has 2 N–H and O–H groups in total. The molecule has 0 spiro atoms. The van der Waals surface area contributed by atoms with Crippen molar-refractivity contribution in [3.8, 4) is 0 Å². The molecule has 0 aromatic heterocycles. The third-order valence-corrected chi connectivity index (χ3v) is 3.86. The fourth-order valence-corrected chi connectivity index (χ4v) is 2.54. The van der Waals surface area contributed by atoms with Crippen LogP contribution in [-0.4, -0.2) is 38.6 Å². The molecule has 1 aliphatic rings. The summed E-state index contributed by atoms with van der Waals surface area (Å²) in [5, 5.41) is 34.8. The molecule has 0 bridgehead atoms. The standard InChI is InChI=1S/C16H12N4O6/c21-15-13(17-9-5-1-3-7-11(9)19(23)24)16(22)14(15)18-10-6-2-4-8-12(10)20(25)26/h1-8,13,15,17,21H. The first-order valence-corrected chi connectivity index (χ1v) is 7.44. The van der Waals surface area contributed by atoms with E-state index in [1.54, 1.807) is 6.07 Å². The van der Waals surface area contributed by atoms with Gasteiger partial charge in [0.2, 0.25) is 5.78 Å². The minimum atomic E-state index is -1.35. The second-order valence-electron chi connectivity index (χ2n) is 5.45. The number of Topliss-reactive ketones (excluding diaryl/α,β-unsaturated/α-hetero) is 1.